The van der Waals surface area contributed by atoms with Crippen molar-refractivity contribution in [1.29, 1.82) is 0 Å². The van der Waals surface area contributed by atoms with Gasteiger partial charge in [0.15, 0.2) is 0 Å². The first-order valence-electron chi connectivity index (χ1n) is 2.68. The Morgan fingerprint density at radius 1 is 1.45 bits per heavy atom. The molecule has 0 fully saturated rings. The molecule has 0 heterocycles. The van der Waals surface area contributed by atoms with Crippen LogP contribution in [0.3, 0.4) is 0 Å². The molecule has 0 aliphatic heterocycles. The second-order valence-electron chi connectivity index (χ2n) is 2.34. The molecular weight excluding hydrogens is 214 g/mol. The third-order valence-corrected chi connectivity index (χ3v) is 2.33. The van der Waals surface area contributed by atoms with Crippen molar-refractivity contribution in [2.24, 2.45) is 0 Å². The van der Waals surface area contributed by atoms with E-state index in [-0.39, 0.29) is 0 Å². The molecule has 0 aliphatic carbocycles. The lowest BCUT2D eigenvalue weighted by molar-refractivity contribution is -0.141. The Morgan fingerprint density at radius 2 is 1.82 bits per heavy atom. The first-order chi connectivity index (χ1) is 4.67. The second-order valence-corrected chi connectivity index (χ2v) is 4.62. The smallest absolute Gasteiger partial charge is 0.306 e. The van der Waals surface area contributed by atoms with Gasteiger partial charge >= 0.3 is 5.97 Å². The van der Waals surface area contributed by atoms with Crippen LogP contribution in [-0.2, 0) is 4.79 Å². The minimum atomic E-state index is -1.98. The van der Waals surface area contributed by atoms with Crippen molar-refractivity contribution in [3.63, 3.8) is 0 Å². The molecule has 11 heavy (non-hydrogen) atoms. The van der Waals surface area contributed by atoms with Crippen molar-refractivity contribution in [2.45, 2.75) is 22.7 Å². The zero-order valence-electron chi connectivity index (χ0n) is 5.64. The van der Waals surface area contributed by atoms with Crippen LogP contribution in [0, 0.1) is 0 Å². The summed E-state index contributed by atoms with van der Waals surface area (Å²) in [4.78, 5) is 10.1. The number of carboxylic acid groups (broad SMARTS) is 1. The lowest BCUT2D eigenvalue weighted by Crippen LogP contribution is -2.41. The standard InChI is InChI=1S/C5H7Cl3O3/c1-4(11,2-3(9)10)5(6,7)8/h11H,2H2,1H3,(H,9,10). The van der Waals surface area contributed by atoms with Gasteiger partial charge in [0.1, 0.15) is 5.60 Å². The van der Waals surface area contributed by atoms with E-state index in [2.05, 4.69) is 0 Å². The highest BCUT2D eigenvalue weighted by molar-refractivity contribution is 6.68. The van der Waals surface area contributed by atoms with Crippen LogP contribution in [0.25, 0.3) is 0 Å². The molecule has 0 aromatic rings. The highest BCUT2D eigenvalue weighted by Gasteiger charge is 2.44. The van der Waals surface area contributed by atoms with Gasteiger partial charge in [-0.1, -0.05) is 34.8 Å². The van der Waals surface area contributed by atoms with E-state index in [4.69, 9.17) is 39.9 Å². The number of aliphatic hydroxyl groups is 1. The van der Waals surface area contributed by atoms with Crippen LogP contribution < -0.4 is 0 Å². The third-order valence-electron chi connectivity index (χ3n) is 1.11. The van der Waals surface area contributed by atoms with Gasteiger partial charge in [0.2, 0.25) is 3.79 Å². The lowest BCUT2D eigenvalue weighted by atomic mass is 10.1. The molecule has 0 saturated heterocycles. The number of hydrogen-bond acceptors (Lipinski definition) is 2. The maximum Gasteiger partial charge on any atom is 0.306 e. The van der Waals surface area contributed by atoms with Crippen LogP contribution in [-0.4, -0.2) is 25.6 Å². The molecule has 66 valence electrons. The minimum absolute atomic E-state index is 0.608. The summed E-state index contributed by atoms with van der Waals surface area (Å²) in [7, 11) is 0. The molecule has 0 rings (SSSR count). The Hall–Kier alpha value is 0.300. The first kappa shape index (κ1) is 11.3. The van der Waals surface area contributed by atoms with Crippen LogP contribution in [0.1, 0.15) is 13.3 Å². The van der Waals surface area contributed by atoms with E-state index in [1.165, 1.54) is 0 Å². The number of rotatable bonds is 2. The van der Waals surface area contributed by atoms with E-state index in [0.29, 0.717) is 0 Å². The molecule has 0 radical (unpaired) electrons. The summed E-state index contributed by atoms with van der Waals surface area (Å²) in [6.45, 7) is 1.15. The van der Waals surface area contributed by atoms with E-state index in [9.17, 15) is 9.90 Å². The van der Waals surface area contributed by atoms with E-state index < -0.39 is 21.8 Å². The molecule has 0 spiro atoms. The third kappa shape index (κ3) is 3.47. The highest BCUT2D eigenvalue weighted by atomic mass is 35.6. The topological polar surface area (TPSA) is 57.5 Å². The SMILES string of the molecule is CC(O)(CC(=O)O)C(Cl)(Cl)Cl. The molecule has 3 nitrogen and oxygen atoms in total. The van der Waals surface area contributed by atoms with Gasteiger partial charge in [0.25, 0.3) is 0 Å². The van der Waals surface area contributed by atoms with Gasteiger partial charge in [0, 0.05) is 0 Å². The van der Waals surface area contributed by atoms with Crippen LogP contribution in [0.15, 0.2) is 0 Å². The van der Waals surface area contributed by atoms with Gasteiger partial charge in [-0.3, -0.25) is 4.79 Å². The zero-order chi connectivity index (χ0) is 9.28. The number of halogens is 3. The summed E-state index contributed by atoms with van der Waals surface area (Å²) >= 11 is 15.9. The van der Waals surface area contributed by atoms with Crippen LogP contribution in [0.5, 0.6) is 0 Å². The average molecular weight is 221 g/mol. The second kappa shape index (κ2) is 3.35. The van der Waals surface area contributed by atoms with Crippen LogP contribution in [0.2, 0.25) is 0 Å². The van der Waals surface area contributed by atoms with Crippen molar-refractivity contribution < 1.29 is 15.0 Å². The largest absolute Gasteiger partial charge is 0.481 e. The molecular formula is C5H7Cl3O3. The zero-order valence-corrected chi connectivity index (χ0v) is 7.91. The van der Waals surface area contributed by atoms with Crippen LogP contribution >= 0.6 is 34.8 Å². The summed E-state index contributed by atoms with van der Waals surface area (Å²) in [6, 6.07) is 0. The Labute approximate surface area is 78.9 Å². The average Bonchev–Trinajstić information content (AvgIpc) is 1.56. The maximum atomic E-state index is 10.1. The van der Waals surface area contributed by atoms with Gasteiger partial charge in [-0.2, -0.15) is 0 Å². The monoisotopic (exact) mass is 220 g/mol. The van der Waals surface area contributed by atoms with Crippen molar-refractivity contribution in [3.8, 4) is 0 Å². The van der Waals surface area contributed by atoms with Crippen molar-refractivity contribution in [2.75, 3.05) is 0 Å². The van der Waals surface area contributed by atoms with E-state index in [0.717, 1.165) is 6.92 Å². The fraction of sp³-hybridized carbons (Fsp3) is 0.800. The van der Waals surface area contributed by atoms with Crippen molar-refractivity contribution >= 4 is 40.8 Å². The molecule has 1 atom stereocenters. The quantitative estimate of drug-likeness (QED) is 0.696. The molecule has 0 aliphatic rings. The predicted molar refractivity (Wildman–Crippen MR) is 43.2 cm³/mol. The Balaban J connectivity index is 4.34. The summed E-state index contributed by atoms with van der Waals surface area (Å²) in [5.74, 6) is -1.22. The lowest BCUT2D eigenvalue weighted by Gasteiger charge is -2.28. The number of hydrogen-bond donors (Lipinski definition) is 2. The molecule has 0 bridgehead atoms. The summed E-state index contributed by atoms with van der Waals surface area (Å²) in [5.41, 5.74) is -1.84. The van der Waals surface area contributed by atoms with E-state index in [1.807, 2.05) is 0 Å². The van der Waals surface area contributed by atoms with Gasteiger partial charge in [-0.05, 0) is 6.92 Å². The predicted octanol–water partition coefficient (Wildman–Crippen LogP) is 1.58. The fourth-order valence-corrected chi connectivity index (χ4v) is 0.595. The Bertz CT molecular complexity index is 161. The van der Waals surface area contributed by atoms with Gasteiger partial charge in [-0.25, -0.2) is 0 Å². The Kier molecular flexibility index (Phi) is 3.44. The first-order valence-corrected chi connectivity index (χ1v) is 3.81. The maximum absolute atomic E-state index is 10.1. The van der Waals surface area contributed by atoms with Gasteiger partial charge in [-0.15, -0.1) is 0 Å². The van der Waals surface area contributed by atoms with Gasteiger partial charge in [0.05, 0.1) is 6.42 Å². The minimum Gasteiger partial charge on any atom is -0.481 e. The van der Waals surface area contributed by atoms with E-state index in [1.54, 1.807) is 0 Å². The fourth-order valence-electron chi connectivity index (χ4n) is 0.395. The number of carbonyl (C=O) groups is 1. The molecule has 1 unspecified atom stereocenters. The molecule has 2 N–H and O–H groups in total. The number of alkyl halides is 3. The number of carboxylic acids is 1. The molecule has 6 heteroatoms. The summed E-state index contributed by atoms with van der Waals surface area (Å²) in [5, 5.41) is 17.5. The molecule has 0 aromatic heterocycles. The summed E-state index contributed by atoms with van der Waals surface area (Å²) < 4.78 is -1.98. The molecule has 0 aromatic carbocycles. The van der Waals surface area contributed by atoms with E-state index >= 15 is 0 Å². The number of aliphatic carboxylic acids is 1. The van der Waals surface area contributed by atoms with Crippen molar-refractivity contribution in [3.05, 3.63) is 0 Å². The Morgan fingerprint density at radius 3 is 1.91 bits per heavy atom. The highest BCUT2D eigenvalue weighted by Crippen LogP contribution is 2.39. The molecule has 0 saturated carbocycles. The normalized spacial score (nSPS) is 17.5. The summed E-state index contributed by atoms with van der Waals surface area (Å²) in [6.07, 6.45) is -0.608. The van der Waals surface area contributed by atoms with Gasteiger partial charge < -0.3 is 10.2 Å². The van der Waals surface area contributed by atoms with Crippen molar-refractivity contribution in [1.82, 2.24) is 0 Å². The molecule has 0 amide bonds. The van der Waals surface area contributed by atoms with Crippen LogP contribution in [0.4, 0.5) is 0 Å².